The summed E-state index contributed by atoms with van der Waals surface area (Å²) in [5, 5.41) is 10.3. The summed E-state index contributed by atoms with van der Waals surface area (Å²) in [6.45, 7) is 5.57. The first-order valence-electron chi connectivity index (χ1n) is 11.1. The summed E-state index contributed by atoms with van der Waals surface area (Å²) in [5.41, 5.74) is 3.97. The minimum Gasteiger partial charge on any atom is -0.383 e. The zero-order valence-electron chi connectivity index (χ0n) is 17.9. The molecule has 0 aromatic carbocycles. The summed E-state index contributed by atoms with van der Waals surface area (Å²) in [5.74, 6) is 1.05. The molecule has 0 spiro atoms. The SMILES string of the molecule is CCc1c(NCC2CCOCC2)cncc1-c1cc(NC(=O)C2CCCN2)ncc1Cl. The average Bonchev–Trinajstić information content (AvgIpc) is 3.34. The molecule has 2 saturated heterocycles. The standard InChI is InChI=1S/C23H30ClN5O2/c1-2-16-18(12-25-14-21(16)27-11-15-5-8-31-9-6-15)17-10-22(28-13-19(17)24)29-23(30)20-4-3-7-26-20/h10,12-15,20,26-27H,2-9,11H2,1H3,(H,28,29,30). The normalized spacial score (nSPS) is 19.4. The molecular formula is C23H30ClN5O2. The molecule has 166 valence electrons. The van der Waals surface area contributed by atoms with Crippen LogP contribution in [0.2, 0.25) is 5.02 Å². The Morgan fingerprint density at radius 1 is 1.23 bits per heavy atom. The second-order valence-electron chi connectivity index (χ2n) is 8.19. The minimum atomic E-state index is -0.161. The van der Waals surface area contributed by atoms with Gasteiger partial charge in [-0.1, -0.05) is 18.5 Å². The molecule has 0 radical (unpaired) electrons. The van der Waals surface area contributed by atoms with Crippen LogP contribution in [0.25, 0.3) is 11.1 Å². The molecule has 1 atom stereocenters. The first-order chi connectivity index (χ1) is 15.2. The van der Waals surface area contributed by atoms with Crippen molar-refractivity contribution in [1.82, 2.24) is 15.3 Å². The van der Waals surface area contributed by atoms with Crippen LogP contribution in [0.5, 0.6) is 0 Å². The first-order valence-corrected chi connectivity index (χ1v) is 11.5. The maximum atomic E-state index is 12.5. The highest BCUT2D eigenvalue weighted by Gasteiger charge is 2.23. The molecule has 4 rings (SSSR count). The number of pyridine rings is 2. The third kappa shape index (κ3) is 5.34. The maximum Gasteiger partial charge on any atom is 0.242 e. The fourth-order valence-electron chi connectivity index (χ4n) is 4.29. The predicted octanol–water partition coefficient (Wildman–Crippen LogP) is 3.89. The third-order valence-corrected chi connectivity index (χ3v) is 6.41. The Hall–Kier alpha value is -2.22. The Kier molecular flexibility index (Phi) is 7.37. The number of rotatable bonds is 7. The van der Waals surface area contributed by atoms with E-state index in [0.717, 1.165) is 80.8 Å². The first kappa shape index (κ1) is 22.0. The van der Waals surface area contributed by atoms with Gasteiger partial charge >= 0.3 is 0 Å². The van der Waals surface area contributed by atoms with Gasteiger partial charge in [-0.3, -0.25) is 9.78 Å². The van der Waals surface area contributed by atoms with Crippen molar-refractivity contribution >= 4 is 29.0 Å². The highest BCUT2D eigenvalue weighted by Crippen LogP contribution is 2.35. The lowest BCUT2D eigenvalue weighted by atomic mass is 9.98. The molecule has 1 unspecified atom stereocenters. The molecule has 2 aliphatic rings. The highest BCUT2D eigenvalue weighted by molar-refractivity contribution is 6.33. The minimum absolute atomic E-state index is 0.0565. The molecule has 3 N–H and O–H groups in total. The molecule has 8 heteroatoms. The quantitative estimate of drug-likeness (QED) is 0.601. The van der Waals surface area contributed by atoms with E-state index >= 15 is 0 Å². The lowest BCUT2D eigenvalue weighted by Crippen LogP contribution is -2.35. The second kappa shape index (κ2) is 10.4. The van der Waals surface area contributed by atoms with Crippen LogP contribution in [-0.2, 0) is 16.0 Å². The number of carbonyl (C=O) groups excluding carboxylic acids is 1. The Balaban J connectivity index is 1.55. The fraction of sp³-hybridized carbons (Fsp3) is 0.522. The van der Waals surface area contributed by atoms with Gasteiger partial charge in [-0.2, -0.15) is 0 Å². The molecule has 1 amide bonds. The molecular weight excluding hydrogens is 414 g/mol. The van der Waals surface area contributed by atoms with Gasteiger partial charge in [-0.15, -0.1) is 0 Å². The van der Waals surface area contributed by atoms with Crippen molar-refractivity contribution in [3.63, 3.8) is 0 Å². The van der Waals surface area contributed by atoms with Gasteiger partial charge in [0.05, 0.1) is 22.9 Å². The van der Waals surface area contributed by atoms with Crippen molar-refractivity contribution in [2.45, 2.75) is 45.1 Å². The van der Waals surface area contributed by atoms with Crippen LogP contribution in [0.4, 0.5) is 11.5 Å². The molecule has 7 nitrogen and oxygen atoms in total. The summed E-state index contributed by atoms with van der Waals surface area (Å²) < 4.78 is 5.46. The summed E-state index contributed by atoms with van der Waals surface area (Å²) >= 11 is 6.52. The topological polar surface area (TPSA) is 88.2 Å². The van der Waals surface area contributed by atoms with Gasteiger partial charge in [0.25, 0.3) is 0 Å². The molecule has 0 bridgehead atoms. The van der Waals surface area contributed by atoms with Crippen LogP contribution in [0.15, 0.2) is 24.7 Å². The van der Waals surface area contributed by atoms with Crippen molar-refractivity contribution < 1.29 is 9.53 Å². The molecule has 4 heterocycles. The van der Waals surface area contributed by atoms with E-state index in [9.17, 15) is 4.79 Å². The van der Waals surface area contributed by atoms with Gasteiger partial charge < -0.3 is 20.7 Å². The maximum absolute atomic E-state index is 12.5. The van der Waals surface area contributed by atoms with Crippen molar-refractivity contribution in [1.29, 1.82) is 0 Å². The number of nitrogens with zero attached hydrogens (tertiary/aromatic N) is 2. The van der Waals surface area contributed by atoms with Crippen molar-refractivity contribution in [3.05, 3.63) is 35.2 Å². The van der Waals surface area contributed by atoms with Crippen LogP contribution < -0.4 is 16.0 Å². The third-order valence-electron chi connectivity index (χ3n) is 6.11. The fourth-order valence-corrected chi connectivity index (χ4v) is 4.50. The van der Waals surface area contributed by atoms with Crippen LogP contribution in [0.1, 0.15) is 38.2 Å². The Bertz CT molecular complexity index is 911. The van der Waals surface area contributed by atoms with E-state index in [1.54, 1.807) is 6.20 Å². The number of aromatic nitrogens is 2. The van der Waals surface area contributed by atoms with E-state index in [1.807, 2.05) is 18.5 Å². The number of amides is 1. The molecule has 2 fully saturated rings. The van der Waals surface area contributed by atoms with E-state index in [1.165, 1.54) is 0 Å². The second-order valence-corrected chi connectivity index (χ2v) is 8.60. The molecule has 31 heavy (non-hydrogen) atoms. The zero-order chi connectivity index (χ0) is 21.6. The number of carbonyl (C=O) groups is 1. The van der Waals surface area contributed by atoms with E-state index in [0.29, 0.717) is 16.8 Å². The lowest BCUT2D eigenvalue weighted by molar-refractivity contribution is -0.117. The summed E-state index contributed by atoms with van der Waals surface area (Å²) in [6, 6.07) is 1.68. The number of nitrogens with one attached hydrogen (secondary N) is 3. The Morgan fingerprint density at radius 3 is 2.81 bits per heavy atom. The number of hydrogen-bond acceptors (Lipinski definition) is 6. The number of hydrogen-bond donors (Lipinski definition) is 3. The monoisotopic (exact) mass is 443 g/mol. The van der Waals surface area contributed by atoms with Gasteiger partial charge in [0.2, 0.25) is 5.91 Å². The van der Waals surface area contributed by atoms with Crippen LogP contribution in [0, 0.1) is 5.92 Å². The smallest absolute Gasteiger partial charge is 0.242 e. The molecule has 2 aromatic rings. The van der Waals surface area contributed by atoms with Gasteiger partial charge in [0.15, 0.2) is 0 Å². The zero-order valence-corrected chi connectivity index (χ0v) is 18.7. The largest absolute Gasteiger partial charge is 0.383 e. The van der Waals surface area contributed by atoms with Crippen LogP contribution in [0.3, 0.4) is 0 Å². The number of ether oxygens (including phenoxy) is 1. The predicted molar refractivity (Wildman–Crippen MR) is 124 cm³/mol. The molecule has 0 saturated carbocycles. The van der Waals surface area contributed by atoms with Crippen LogP contribution in [-0.4, -0.2) is 48.2 Å². The van der Waals surface area contributed by atoms with Gasteiger partial charge in [0, 0.05) is 43.3 Å². The summed E-state index contributed by atoms with van der Waals surface area (Å²) in [6.07, 6.45) is 10.2. The number of anilines is 2. The van der Waals surface area contributed by atoms with Crippen LogP contribution >= 0.6 is 11.6 Å². The van der Waals surface area contributed by atoms with E-state index in [4.69, 9.17) is 16.3 Å². The lowest BCUT2D eigenvalue weighted by Gasteiger charge is -2.24. The highest BCUT2D eigenvalue weighted by atomic mass is 35.5. The summed E-state index contributed by atoms with van der Waals surface area (Å²) in [7, 11) is 0. The van der Waals surface area contributed by atoms with E-state index in [-0.39, 0.29) is 11.9 Å². The Morgan fingerprint density at radius 2 is 2.06 bits per heavy atom. The van der Waals surface area contributed by atoms with Gasteiger partial charge in [-0.25, -0.2) is 4.98 Å². The van der Waals surface area contributed by atoms with Crippen molar-refractivity contribution in [2.24, 2.45) is 5.92 Å². The molecule has 2 aliphatic heterocycles. The van der Waals surface area contributed by atoms with E-state index in [2.05, 4.69) is 32.8 Å². The van der Waals surface area contributed by atoms with Crippen molar-refractivity contribution in [3.8, 4) is 11.1 Å². The van der Waals surface area contributed by atoms with E-state index < -0.39 is 0 Å². The molecule has 0 aliphatic carbocycles. The van der Waals surface area contributed by atoms with Crippen molar-refractivity contribution in [2.75, 3.05) is 36.9 Å². The number of halogens is 1. The molecule has 2 aromatic heterocycles. The summed E-state index contributed by atoms with van der Waals surface area (Å²) in [4.78, 5) is 21.3. The average molecular weight is 444 g/mol. The Labute approximate surface area is 188 Å². The van der Waals surface area contributed by atoms with Gasteiger partial charge in [0.1, 0.15) is 5.82 Å². The van der Waals surface area contributed by atoms with Gasteiger partial charge in [-0.05, 0) is 56.2 Å².